The first-order chi connectivity index (χ1) is 14.9. The van der Waals surface area contributed by atoms with Crippen LogP contribution in [0.5, 0.6) is 0 Å². The van der Waals surface area contributed by atoms with Gasteiger partial charge in [-0.1, -0.05) is 30.3 Å². The average molecular weight is 420 g/mol. The highest BCUT2D eigenvalue weighted by Gasteiger charge is 2.39. The standard InChI is InChI=1S/C23H24N4O4/c1-14-18(3-2-4-19(14)24)23(30)27-12-17(28)9-20(27)22(29)26-10-15-5-7-16(8-6-15)21-11-25-13-31-21/h2-8,11,13,17,20,28H,9-10,12,24H2,1H3,(H,26,29). The summed E-state index contributed by atoms with van der Waals surface area (Å²) in [6.07, 6.45) is 2.46. The largest absolute Gasteiger partial charge is 0.444 e. The third-order valence-electron chi connectivity index (χ3n) is 5.59. The van der Waals surface area contributed by atoms with Gasteiger partial charge < -0.3 is 25.5 Å². The van der Waals surface area contributed by atoms with Crippen molar-refractivity contribution < 1.29 is 19.1 Å². The van der Waals surface area contributed by atoms with E-state index in [2.05, 4.69) is 10.3 Å². The van der Waals surface area contributed by atoms with Gasteiger partial charge in [0.1, 0.15) is 6.04 Å². The molecule has 0 saturated carbocycles. The van der Waals surface area contributed by atoms with Gasteiger partial charge in [0.2, 0.25) is 5.91 Å². The van der Waals surface area contributed by atoms with Crippen LogP contribution in [0, 0.1) is 6.92 Å². The number of β-amino-alcohol motifs (C(OH)–C–C–N with tert-alkyl or cyclic N) is 1. The Hall–Kier alpha value is -3.65. The molecule has 0 spiro atoms. The summed E-state index contributed by atoms with van der Waals surface area (Å²) in [4.78, 5) is 31.2. The second-order valence-corrected chi connectivity index (χ2v) is 7.66. The molecule has 0 aliphatic carbocycles. The van der Waals surface area contributed by atoms with Crippen molar-refractivity contribution in [2.75, 3.05) is 12.3 Å². The number of oxazole rings is 1. The fourth-order valence-corrected chi connectivity index (χ4v) is 3.78. The minimum Gasteiger partial charge on any atom is -0.444 e. The predicted molar refractivity (Wildman–Crippen MR) is 115 cm³/mol. The van der Waals surface area contributed by atoms with E-state index in [0.29, 0.717) is 29.1 Å². The molecule has 0 radical (unpaired) electrons. The maximum atomic E-state index is 13.1. The number of nitrogens with two attached hydrogens (primary N) is 1. The molecule has 3 aromatic rings. The molecule has 4 N–H and O–H groups in total. The van der Waals surface area contributed by atoms with Gasteiger partial charge in [-0.2, -0.15) is 0 Å². The summed E-state index contributed by atoms with van der Waals surface area (Å²) >= 11 is 0. The number of nitrogens with zero attached hydrogens (tertiary/aromatic N) is 2. The van der Waals surface area contributed by atoms with E-state index < -0.39 is 12.1 Å². The van der Waals surface area contributed by atoms with Gasteiger partial charge in [-0.15, -0.1) is 0 Å². The van der Waals surface area contributed by atoms with E-state index in [-0.39, 0.29) is 24.8 Å². The second-order valence-electron chi connectivity index (χ2n) is 7.66. The van der Waals surface area contributed by atoms with Crippen LogP contribution in [0.3, 0.4) is 0 Å². The quantitative estimate of drug-likeness (QED) is 0.544. The molecule has 160 valence electrons. The summed E-state index contributed by atoms with van der Waals surface area (Å²) in [7, 11) is 0. The van der Waals surface area contributed by atoms with E-state index in [1.165, 1.54) is 11.3 Å². The number of nitrogens with one attached hydrogen (secondary N) is 1. The van der Waals surface area contributed by atoms with E-state index in [0.717, 1.165) is 11.1 Å². The van der Waals surface area contributed by atoms with Crippen molar-refractivity contribution in [1.29, 1.82) is 0 Å². The number of likely N-dealkylation sites (tertiary alicyclic amines) is 1. The Morgan fingerprint density at radius 2 is 2.03 bits per heavy atom. The average Bonchev–Trinajstić information content (AvgIpc) is 3.44. The molecular weight excluding hydrogens is 396 g/mol. The molecule has 0 bridgehead atoms. The SMILES string of the molecule is Cc1c(N)cccc1C(=O)N1CC(O)CC1C(=O)NCc1ccc(-c2cnco2)cc1. The van der Waals surface area contributed by atoms with Crippen LogP contribution in [0.25, 0.3) is 11.3 Å². The first-order valence-electron chi connectivity index (χ1n) is 10.0. The van der Waals surface area contributed by atoms with Crippen molar-refractivity contribution in [3.63, 3.8) is 0 Å². The van der Waals surface area contributed by atoms with Crippen molar-refractivity contribution in [2.24, 2.45) is 0 Å². The van der Waals surface area contributed by atoms with Gasteiger partial charge in [-0.3, -0.25) is 9.59 Å². The van der Waals surface area contributed by atoms with Gasteiger partial charge >= 0.3 is 0 Å². The molecule has 2 aromatic carbocycles. The molecule has 2 amide bonds. The number of amides is 2. The van der Waals surface area contributed by atoms with Crippen molar-refractivity contribution >= 4 is 17.5 Å². The van der Waals surface area contributed by atoms with Crippen LogP contribution in [0.15, 0.2) is 59.5 Å². The highest BCUT2D eigenvalue weighted by atomic mass is 16.3. The zero-order chi connectivity index (χ0) is 22.0. The van der Waals surface area contributed by atoms with Crippen molar-refractivity contribution in [3.8, 4) is 11.3 Å². The minimum absolute atomic E-state index is 0.108. The molecule has 2 atom stereocenters. The van der Waals surface area contributed by atoms with Crippen molar-refractivity contribution in [3.05, 3.63) is 71.7 Å². The molecule has 31 heavy (non-hydrogen) atoms. The Labute approximate surface area is 179 Å². The highest BCUT2D eigenvalue weighted by Crippen LogP contribution is 2.24. The number of hydrogen-bond acceptors (Lipinski definition) is 6. The van der Waals surface area contributed by atoms with Crippen LogP contribution in [-0.4, -0.2) is 45.5 Å². The molecule has 2 unspecified atom stereocenters. The summed E-state index contributed by atoms with van der Waals surface area (Å²) in [5, 5.41) is 13.0. The number of carbonyl (C=O) groups is 2. The molecule has 1 saturated heterocycles. The first kappa shape index (κ1) is 20.6. The van der Waals surface area contributed by atoms with Crippen molar-refractivity contribution in [2.45, 2.75) is 32.0 Å². The van der Waals surface area contributed by atoms with E-state index in [4.69, 9.17) is 10.2 Å². The third-order valence-corrected chi connectivity index (χ3v) is 5.59. The van der Waals surface area contributed by atoms with Crippen LogP contribution < -0.4 is 11.1 Å². The Morgan fingerprint density at radius 3 is 2.74 bits per heavy atom. The lowest BCUT2D eigenvalue weighted by Gasteiger charge is -2.24. The molecule has 1 aliphatic heterocycles. The Kier molecular flexibility index (Phi) is 5.73. The highest BCUT2D eigenvalue weighted by molar-refractivity contribution is 6.00. The number of aliphatic hydroxyl groups excluding tert-OH is 1. The predicted octanol–water partition coefficient (Wildman–Crippen LogP) is 2.12. The normalized spacial score (nSPS) is 18.2. The monoisotopic (exact) mass is 420 g/mol. The number of nitrogen functional groups attached to an aromatic ring is 1. The van der Waals surface area contributed by atoms with Crippen LogP contribution in [-0.2, 0) is 11.3 Å². The van der Waals surface area contributed by atoms with Gasteiger partial charge in [0, 0.05) is 36.3 Å². The van der Waals surface area contributed by atoms with Gasteiger partial charge in [0.05, 0.1) is 12.3 Å². The van der Waals surface area contributed by atoms with Crippen LogP contribution in [0.4, 0.5) is 5.69 Å². The Morgan fingerprint density at radius 1 is 1.26 bits per heavy atom. The number of rotatable bonds is 5. The van der Waals surface area contributed by atoms with Gasteiger partial charge in [-0.25, -0.2) is 4.98 Å². The maximum absolute atomic E-state index is 13.1. The summed E-state index contributed by atoms with van der Waals surface area (Å²) in [6, 6.07) is 11.9. The Bertz CT molecular complexity index is 1080. The van der Waals surface area contributed by atoms with Crippen LogP contribution >= 0.6 is 0 Å². The third kappa shape index (κ3) is 4.29. The fraction of sp³-hybridized carbons (Fsp3) is 0.261. The molecule has 8 heteroatoms. The number of aliphatic hydroxyl groups is 1. The van der Waals surface area contributed by atoms with Crippen molar-refractivity contribution in [1.82, 2.24) is 15.2 Å². The lowest BCUT2D eigenvalue weighted by Crippen LogP contribution is -2.46. The van der Waals surface area contributed by atoms with E-state index in [9.17, 15) is 14.7 Å². The molecule has 1 fully saturated rings. The smallest absolute Gasteiger partial charge is 0.254 e. The summed E-state index contributed by atoms with van der Waals surface area (Å²) in [5.41, 5.74) is 9.34. The number of anilines is 1. The second kappa shape index (κ2) is 8.61. The van der Waals surface area contributed by atoms with E-state index in [1.54, 1.807) is 31.3 Å². The van der Waals surface area contributed by atoms with Gasteiger partial charge in [-0.05, 0) is 30.2 Å². The Balaban J connectivity index is 1.43. The molecule has 1 aliphatic rings. The fourth-order valence-electron chi connectivity index (χ4n) is 3.78. The van der Waals surface area contributed by atoms with Crippen LogP contribution in [0.1, 0.15) is 27.9 Å². The summed E-state index contributed by atoms with van der Waals surface area (Å²) in [5.74, 6) is 0.0604. The topological polar surface area (TPSA) is 122 Å². The maximum Gasteiger partial charge on any atom is 0.254 e. The molecule has 1 aromatic heterocycles. The number of aromatic nitrogens is 1. The number of benzene rings is 2. The lowest BCUT2D eigenvalue weighted by molar-refractivity contribution is -0.125. The first-order valence-corrected chi connectivity index (χ1v) is 10.0. The minimum atomic E-state index is -0.748. The number of hydrogen-bond donors (Lipinski definition) is 3. The lowest BCUT2D eigenvalue weighted by atomic mass is 10.0. The molecular formula is C23H24N4O4. The van der Waals surface area contributed by atoms with E-state index in [1.807, 2.05) is 24.3 Å². The van der Waals surface area contributed by atoms with E-state index >= 15 is 0 Å². The zero-order valence-electron chi connectivity index (χ0n) is 17.1. The molecule has 8 nitrogen and oxygen atoms in total. The summed E-state index contributed by atoms with van der Waals surface area (Å²) in [6.45, 7) is 2.19. The summed E-state index contributed by atoms with van der Waals surface area (Å²) < 4.78 is 5.27. The molecule has 4 rings (SSSR count). The van der Waals surface area contributed by atoms with Gasteiger partial charge in [0.15, 0.2) is 12.2 Å². The zero-order valence-corrected chi connectivity index (χ0v) is 17.1. The molecule has 2 heterocycles. The van der Waals surface area contributed by atoms with Gasteiger partial charge in [0.25, 0.3) is 5.91 Å². The van der Waals surface area contributed by atoms with Crippen LogP contribution in [0.2, 0.25) is 0 Å². The number of carbonyl (C=O) groups excluding carboxylic acids is 2.